The van der Waals surface area contributed by atoms with Crippen LogP contribution in [0.4, 0.5) is 0 Å². The smallest absolute Gasteiger partial charge is 0.339 e. The molecule has 33 heavy (non-hydrogen) atoms. The Hall–Kier alpha value is -3.34. The van der Waals surface area contributed by atoms with E-state index in [1.165, 1.54) is 7.11 Å². The Morgan fingerprint density at radius 2 is 1.79 bits per heavy atom. The summed E-state index contributed by atoms with van der Waals surface area (Å²) in [5, 5.41) is 6.23. The van der Waals surface area contributed by atoms with Crippen molar-refractivity contribution in [2.24, 2.45) is 0 Å². The minimum absolute atomic E-state index is 0.150. The van der Waals surface area contributed by atoms with Crippen molar-refractivity contribution in [1.82, 2.24) is 5.32 Å². The van der Waals surface area contributed by atoms with Crippen molar-refractivity contribution < 1.29 is 14.3 Å². The van der Waals surface area contributed by atoms with E-state index in [9.17, 15) is 4.79 Å². The van der Waals surface area contributed by atoms with Gasteiger partial charge in [0.15, 0.2) is 0 Å². The van der Waals surface area contributed by atoms with E-state index in [1.807, 2.05) is 36.4 Å². The molecule has 0 saturated heterocycles. The van der Waals surface area contributed by atoms with Gasteiger partial charge in [0, 0.05) is 12.6 Å². The summed E-state index contributed by atoms with van der Waals surface area (Å²) in [7, 11) is 3.03. The second-order valence-corrected chi connectivity index (χ2v) is 8.34. The van der Waals surface area contributed by atoms with Crippen molar-refractivity contribution in [3.05, 3.63) is 101 Å². The standard InChI is InChI=1S/C28H26ClNO3/c1-18(20-8-6-9-23(15-20)32-2)30-17-19-13-21-7-4-5-10-24(21)25(14-19)22-11-12-27(29)26(16-22)28(31)33-3/h4-16,18,30H,17H2,1-3H3. The van der Waals surface area contributed by atoms with E-state index >= 15 is 0 Å². The van der Waals surface area contributed by atoms with Crippen LogP contribution in [0.15, 0.2) is 78.9 Å². The Morgan fingerprint density at radius 1 is 0.970 bits per heavy atom. The highest BCUT2D eigenvalue weighted by Gasteiger charge is 2.14. The minimum atomic E-state index is -0.448. The molecule has 0 aliphatic heterocycles. The first-order valence-electron chi connectivity index (χ1n) is 10.8. The number of nitrogens with one attached hydrogen (secondary N) is 1. The van der Waals surface area contributed by atoms with Crippen LogP contribution in [0.1, 0.15) is 34.5 Å². The number of hydrogen-bond acceptors (Lipinski definition) is 4. The summed E-state index contributed by atoms with van der Waals surface area (Å²) >= 11 is 6.25. The SMILES string of the molecule is COC(=O)c1cc(-c2cc(CNC(C)c3cccc(OC)c3)cc3ccccc23)ccc1Cl. The van der Waals surface area contributed by atoms with Gasteiger partial charge in [-0.25, -0.2) is 4.79 Å². The zero-order valence-corrected chi connectivity index (χ0v) is 19.6. The van der Waals surface area contributed by atoms with Gasteiger partial charge in [0.1, 0.15) is 5.75 Å². The van der Waals surface area contributed by atoms with Crippen molar-refractivity contribution in [2.45, 2.75) is 19.5 Å². The molecule has 0 aromatic heterocycles. The van der Waals surface area contributed by atoms with Gasteiger partial charge in [-0.2, -0.15) is 0 Å². The molecule has 4 nitrogen and oxygen atoms in total. The maximum Gasteiger partial charge on any atom is 0.339 e. The van der Waals surface area contributed by atoms with Gasteiger partial charge in [-0.3, -0.25) is 0 Å². The summed E-state index contributed by atoms with van der Waals surface area (Å²) in [6, 6.07) is 26.3. The largest absolute Gasteiger partial charge is 0.497 e. The maximum atomic E-state index is 12.2. The molecule has 0 heterocycles. The van der Waals surface area contributed by atoms with Crippen LogP contribution < -0.4 is 10.1 Å². The fourth-order valence-electron chi connectivity index (χ4n) is 3.97. The van der Waals surface area contributed by atoms with E-state index in [4.69, 9.17) is 21.1 Å². The first-order chi connectivity index (χ1) is 16.0. The number of halogens is 1. The number of ether oxygens (including phenoxy) is 2. The van der Waals surface area contributed by atoms with Crippen LogP contribution >= 0.6 is 11.6 Å². The maximum absolute atomic E-state index is 12.2. The molecule has 0 spiro atoms. The molecule has 1 atom stereocenters. The zero-order chi connectivity index (χ0) is 23.4. The van der Waals surface area contributed by atoms with Gasteiger partial charge in [-0.05, 0) is 76.3 Å². The van der Waals surface area contributed by atoms with Crippen molar-refractivity contribution in [3.8, 4) is 16.9 Å². The van der Waals surface area contributed by atoms with Crippen LogP contribution in [-0.4, -0.2) is 20.2 Å². The van der Waals surface area contributed by atoms with E-state index in [-0.39, 0.29) is 6.04 Å². The second kappa shape index (κ2) is 10.1. The number of hydrogen-bond donors (Lipinski definition) is 1. The summed E-state index contributed by atoms with van der Waals surface area (Å²) in [5.41, 5.74) is 4.62. The molecule has 0 radical (unpaired) electrons. The molecule has 0 amide bonds. The Bertz CT molecular complexity index is 1300. The van der Waals surface area contributed by atoms with Crippen LogP contribution in [0.2, 0.25) is 5.02 Å². The van der Waals surface area contributed by atoms with Gasteiger partial charge in [0.25, 0.3) is 0 Å². The molecule has 5 heteroatoms. The molecule has 0 fully saturated rings. The summed E-state index contributed by atoms with van der Waals surface area (Å²) in [4.78, 5) is 12.2. The molecular formula is C28H26ClNO3. The molecule has 0 saturated carbocycles. The summed E-state index contributed by atoms with van der Waals surface area (Å²) in [5.74, 6) is 0.398. The first-order valence-corrected chi connectivity index (χ1v) is 11.1. The highest BCUT2D eigenvalue weighted by Crippen LogP contribution is 2.33. The van der Waals surface area contributed by atoms with Crippen LogP contribution in [0, 0.1) is 0 Å². The average molecular weight is 460 g/mol. The summed E-state index contributed by atoms with van der Waals surface area (Å²) in [6.45, 7) is 2.83. The van der Waals surface area contributed by atoms with E-state index < -0.39 is 5.97 Å². The molecule has 1 unspecified atom stereocenters. The van der Waals surface area contributed by atoms with E-state index in [1.54, 1.807) is 19.2 Å². The lowest BCUT2D eigenvalue weighted by Crippen LogP contribution is -2.18. The number of benzene rings is 4. The highest BCUT2D eigenvalue weighted by molar-refractivity contribution is 6.33. The van der Waals surface area contributed by atoms with Crippen LogP contribution in [0.5, 0.6) is 5.75 Å². The lowest BCUT2D eigenvalue weighted by molar-refractivity contribution is 0.0601. The number of methoxy groups -OCH3 is 2. The number of carbonyl (C=O) groups excluding carboxylic acids is 1. The predicted octanol–water partition coefficient (Wildman–Crippen LogP) is 6.81. The Morgan fingerprint density at radius 3 is 2.58 bits per heavy atom. The average Bonchev–Trinajstić information content (AvgIpc) is 2.86. The van der Waals surface area contributed by atoms with E-state index in [0.717, 1.165) is 38.8 Å². The molecule has 1 N–H and O–H groups in total. The lowest BCUT2D eigenvalue weighted by Gasteiger charge is -2.17. The Balaban J connectivity index is 1.68. The van der Waals surface area contributed by atoms with Crippen molar-refractivity contribution >= 4 is 28.3 Å². The predicted molar refractivity (Wildman–Crippen MR) is 134 cm³/mol. The highest BCUT2D eigenvalue weighted by atomic mass is 35.5. The van der Waals surface area contributed by atoms with E-state index in [2.05, 4.69) is 42.6 Å². The van der Waals surface area contributed by atoms with Crippen molar-refractivity contribution in [1.29, 1.82) is 0 Å². The fraction of sp³-hybridized carbons (Fsp3) is 0.179. The summed E-state index contributed by atoms with van der Waals surface area (Å²) < 4.78 is 10.3. The molecule has 168 valence electrons. The molecule has 4 rings (SSSR count). The quantitative estimate of drug-likeness (QED) is 0.308. The third-order valence-electron chi connectivity index (χ3n) is 5.81. The normalized spacial score (nSPS) is 11.9. The lowest BCUT2D eigenvalue weighted by atomic mass is 9.94. The topological polar surface area (TPSA) is 47.6 Å². The first kappa shape index (κ1) is 22.8. The Kier molecular flexibility index (Phi) is 6.97. The van der Waals surface area contributed by atoms with Gasteiger partial charge < -0.3 is 14.8 Å². The molecule has 4 aromatic carbocycles. The molecule has 0 bridgehead atoms. The van der Waals surface area contributed by atoms with Gasteiger partial charge >= 0.3 is 5.97 Å². The van der Waals surface area contributed by atoms with Crippen molar-refractivity contribution in [2.75, 3.05) is 14.2 Å². The zero-order valence-electron chi connectivity index (χ0n) is 18.9. The van der Waals surface area contributed by atoms with Crippen molar-refractivity contribution in [3.63, 3.8) is 0 Å². The monoisotopic (exact) mass is 459 g/mol. The molecular weight excluding hydrogens is 434 g/mol. The number of carbonyl (C=O) groups is 1. The Labute approximate surface area is 199 Å². The number of fused-ring (bicyclic) bond motifs is 1. The summed E-state index contributed by atoms with van der Waals surface area (Å²) in [6.07, 6.45) is 0. The van der Waals surface area contributed by atoms with Gasteiger partial charge in [-0.1, -0.05) is 54.1 Å². The molecule has 4 aromatic rings. The van der Waals surface area contributed by atoms with Gasteiger partial charge in [0.05, 0.1) is 24.8 Å². The minimum Gasteiger partial charge on any atom is -0.497 e. The number of esters is 1. The fourth-order valence-corrected chi connectivity index (χ4v) is 4.17. The molecule has 0 aliphatic carbocycles. The van der Waals surface area contributed by atoms with Gasteiger partial charge in [-0.15, -0.1) is 0 Å². The number of rotatable bonds is 7. The van der Waals surface area contributed by atoms with Crippen LogP contribution in [0.25, 0.3) is 21.9 Å². The van der Waals surface area contributed by atoms with Crippen LogP contribution in [0.3, 0.4) is 0 Å². The second-order valence-electron chi connectivity index (χ2n) is 7.93. The molecule has 0 aliphatic rings. The van der Waals surface area contributed by atoms with Gasteiger partial charge in [0.2, 0.25) is 0 Å². The third-order valence-corrected chi connectivity index (χ3v) is 6.14. The third kappa shape index (κ3) is 5.03. The van der Waals surface area contributed by atoms with E-state index in [0.29, 0.717) is 17.1 Å². The van der Waals surface area contributed by atoms with Crippen LogP contribution in [-0.2, 0) is 11.3 Å².